The highest BCUT2D eigenvalue weighted by Crippen LogP contribution is 2.27. The fourth-order valence-electron chi connectivity index (χ4n) is 2.15. The number of hydrogen-bond acceptors (Lipinski definition) is 4. The molecule has 0 aromatic carbocycles. The molecule has 0 saturated heterocycles. The summed E-state index contributed by atoms with van der Waals surface area (Å²) in [6, 6.07) is 4.52. The van der Waals surface area contributed by atoms with E-state index in [9.17, 15) is 0 Å². The van der Waals surface area contributed by atoms with Crippen molar-refractivity contribution in [2.75, 3.05) is 12.4 Å². The van der Waals surface area contributed by atoms with Gasteiger partial charge in [-0.3, -0.25) is 0 Å². The maximum atomic E-state index is 9.14. The molecule has 0 unspecified atom stereocenters. The van der Waals surface area contributed by atoms with Crippen molar-refractivity contribution in [2.45, 2.75) is 38.8 Å². The number of ether oxygens (including phenoxy) is 1. The Labute approximate surface area is 102 Å². The Balaban J connectivity index is 2.13. The van der Waals surface area contributed by atoms with Crippen LogP contribution in [0.3, 0.4) is 0 Å². The Kier molecular flexibility index (Phi) is 3.30. The zero-order valence-electron chi connectivity index (χ0n) is 10.4. The lowest BCUT2D eigenvalue weighted by molar-refractivity contribution is 0.0328. The summed E-state index contributed by atoms with van der Waals surface area (Å²) in [4.78, 5) is 4.40. The van der Waals surface area contributed by atoms with E-state index < -0.39 is 0 Å². The van der Waals surface area contributed by atoms with E-state index in [-0.39, 0.29) is 0 Å². The molecule has 17 heavy (non-hydrogen) atoms. The van der Waals surface area contributed by atoms with Crippen LogP contribution in [0.2, 0.25) is 0 Å². The molecule has 1 aromatic rings. The van der Waals surface area contributed by atoms with Crippen LogP contribution in [0.4, 0.5) is 5.82 Å². The topological polar surface area (TPSA) is 57.9 Å². The lowest BCUT2D eigenvalue weighted by Gasteiger charge is -2.35. The molecule has 1 aromatic heterocycles. The van der Waals surface area contributed by atoms with E-state index in [1.807, 2.05) is 19.9 Å². The van der Waals surface area contributed by atoms with Crippen molar-refractivity contribution in [3.8, 4) is 6.07 Å². The van der Waals surface area contributed by atoms with Crippen LogP contribution < -0.4 is 5.32 Å². The number of anilines is 1. The summed E-state index contributed by atoms with van der Waals surface area (Å²) in [5.41, 5.74) is 2.56. The van der Waals surface area contributed by atoms with Crippen LogP contribution >= 0.6 is 0 Å². The number of aromatic nitrogens is 1. The van der Waals surface area contributed by atoms with Crippen molar-refractivity contribution in [1.29, 1.82) is 5.26 Å². The number of nitriles is 1. The highest BCUT2D eigenvalue weighted by Gasteiger charge is 2.29. The molecule has 1 N–H and O–H groups in total. The molecule has 0 amide bonds. The second-order valence-electron chi connectivity index (χ2n) is 4.59. The van der Waals surface area contributed by atoms with Gasteiger partial charge in [-0.15, -0.1) is 0 Å². The third kappa shape index (κ3) is 2.40. The zero-order valence-corrected chi connectivity index (χ0v) is 10.4. The third-order valence-corrected chi connectivity index (χ3v) is 3.23. The minimum absolute atomic E-state index is 0.351. The van der Waals surface area contributed by atoms with Gasteiger partial charge in [0.2, 0.25) is 0 Å². The minimum Gasteiger partial charge on any atom is -0.381 e. The molecular formula is C13H17N3O. The fourth-order valence-corrected chi connectivity index (χ4v) is 2.15. The van der Waals surface area contributed by atoms with Gasteiger partial charge in [-0.05, 0) is 38.3 Å². The summed E-state index contributed by atoms with van der Waals surface area (Å²) in [5.74, 6) is 0.713. The predicted molar refractivity (Wildman–Crippen MR) is 65.9 cm³/mol. The van der Waals surface area contributed by atoms with Crippen LogP contribution in [0, 0.1) is 25.2 Å². The third-order valence-electron chi connectivity index (χ3n) is 3.23. The van der Waals surface area contributed by atoms with Gasteiger partial charge in [0.05, 0.1) is 11.7 Å². The summed E-state index contributed by atoms with van der Waals surface area (Å²) in [6.45, 7) is 3.88. The van der Waals surface area contributed by atoms with Crippen LogP contribution in [0.1, 0.15) is 29.7 Å². The van der Waals surface area contributed by atoms with Gasteiger partial charge in [-0.25, -0.2) is 4.98 Å². The normalized spacial score (nSPS) is 22.7. The summed E-state index contributed by atoms with van der Waals surface area (Å²) < 4.78 is 5.23. The number of nitrogens with zero attached hydrogens (tertiary/aromatic N) is 2. The Morgan fingerprint density at radius 2 is 2.18 bits per heavy atom. The largest absolute Gasteiger partial charge is 0.381 e. The summed E-state index contributed by atoms with van der Waals surface area (Å²) >= 11 is 0. The Morgan fingerprint density at radius 1 is 1.47 bits per heavy atom. The molecule has 0 radical (unpaired) electrons. The highest BCUT2D eigenvalue weighted by atomic mass is 16.5. The van der Waals surface area contributed by atoms with Gasteiger partial charge in [0.25, 0.3) is 0 Å². The van der Waals surface area contributed by atoms with Crippen molar-refractivity contribution in [2.24, 2.45) is 0 Å². The molecule has 1 heterocycles. The molecule has 0 bridgehead atoms. The van der Waals surface area contributed by atoms with E-state index in [1.165, 1.54) is 0 Å². The molecule has 1 fully saturated rings. The average molecular weight is 231 g/mol. The average Bonchev–Trinajstić information content (AvgIpc) is 2.22. The molecule has 0 atom stereocenters. The van der Waals surface area contributed by atoms with Crippen molar-refractivity contribution in [1.82, 2.24) is 4.98 Å². The van der Waals surface area contributed by atoms with Gasteiger partial charge in [0, 0.05) is 18.8 Å². The first-order valence-corrected chi connectivity index (χ1v) is 5.81. The smallest absolute Gasteiger partial charge is 0.144 e. The quantitative estimate of drug-likeness (QED) is 0.866. The second kappa shape index (κ2) is 4.72. The monoisotopic (exact) mass is 231 g/mol. The molecule has 1 aliphatic carbocycles. The number of aryl methyl sites for hydroxylation is 2. The molecule has 0 spiro atoms. The van der Waals surface area contributed by atoms with E-state index >= 15 is 0 Å². The van der Waals surface area contributed by atoms with Gasteiger partial charge < -0.3 is 10.1 Å². The Morgan fingerprint density at radius 3 is 2.76 bits per heavy atom. The van der Waals surface area contributed by atoms with Gasteiger partial charge in [-0.2, -0.15) is 5.26 Å². The maximum Gasteiger partial charge on any atom is 0.144 e. The van der Waals surface area contributed by atoms with E-state index in [0.717, 1.165) is 24.1 Å². The van der Waals surface area contributed by atoms with Crippen molar-refractivity contribution >= 4 is 5.82 Å². The second-order valence-corrected chi connectivity index (χ2v) is 4.59. The van der Waals surface area contributed by atoms with Gasteiger partial charge in [0.1, 0.15) is 11.9 Å². The van der Waals surface area contributed by atoms with Crippen molar-refractivity contribution in [3.05, 3.63) is 22.9 Å². The summed E-state index contributed by atoms with van der Waals surface area (Å²) in [6.07, 6.45) is 2.32. The lowest BCUT2D eigenvalue weighted by Crippen LogP contribution is -2.40. The lowest BCUT2D eigenvalue weighted by atomic mass is 9.89. The van der Waals surface area contributed by atoms with Gasteiger partial charge >= 0.3 is 0 Å². The van der Waals surface area contributed by atoms with Crippen LogP contribution in [0.25, 0.3) is 0 Å². The van der Waals surface area contributed by atoms with Crippen LogP contribution in [0.15, 0.2) is 6.07 Å². The molecule has 1 aliphatic rings. The van der Waals surface area contributed by atoms with E-state index in [2.05, 4.69) is 16.4 Å². The summed E-state index contributed by atoms with van der Waals surface area (Å²) in [5, 5.41) is 12.5. The first-order valence-electron chi connectivity index (χ1n) is 5.81. The first kappa shape index (κ1) is 11.9. The standard InChI is InChI=1S/C13H17N3O/c1-8-4-9(2)15-13(12(8)7-14)16-10-5-11(6-10)17-3/h4,10-11H,5-6H2,1-3H3,(H,15,16). The Bertz CT molecular complexity index is 458. The number of methoxy groups -OCH3 is 1. The van der Waals surface area contributed by atoms with Crippen LogP contribution in [0.5, 0.6) is 0 Å². The molecule has 0 aliphatic heterocycles. The van der Waals surface area contributed by atoms with Crippen LogP contribution in [-0.4, -0.2) is 24.2 Å². The molecule has 2 rings (SSSR count). The number of pyridine rings is 1. The van der Waals surface area contributed by atoms with E-state index in [4.69, 9.17) is 10.00 Å². The fraction of sp³-hybridized carbons (Fsp3) is 0.538. The maximum absolute atomic E-state index is 9.14. The van der Waals surface area contributed by atoms with E-state index in [1.54, 1.807) is 7.11 Å². The minimum atomic E-state index is 0.351. The first-order chi connectivity index (χ1) is 8.13. The Hall–Kier alpha value is -1.60. The van der Waals surface area contributed by atoms with Gasteiger partial charge in [0.15, 0.2) is 0 Å². The van der Waals surface area contributed by atoms with Crippen LogP contribution in [-0.2, 0) is 4.74 Å². The highest BCUT2D eigenvalue weighted by molar-refractivity contribution is 5.57. The molecule has 4 heteroatoms. The molecule has 1 saturated carbocycles. The molecule has 4 nitrogen and oxygen atoms in total. The number of rotatable bonds is 3. The molecular weight excluding hydrogens is 214 g/mol. The van der Waals surface area contributed by atoms with E-state index in [0.29, 0.717) is 23.5 Å². The van der Waals surface area contributed by atoms with Crippen molar-refractivity contribution < 1.29 is 4.74 Å². The SMILES string of the molecule is COC1CC(Nc2nc(C)cc(C)c2C#N)C1. The zero-order chi connectivity index (χ0) is 12.4. The predicted octanol–water partition coefficient (Wildman–Crippen LogP) is 2.16. The summed E-state index contributed by atoms with van der Waals surface area (Å²) in [7, 11) is 1.73. The number of hydrogen-bond donors (Lipinski definition) is 1. The molecule has 90 valence electrons. The van der Waals surface area contributed by atoms with Crippen molar-refractivity contribution in [3.63, 3.8) is 0 Å². The van der Waals surface area contributed by atoms with Gasteiger partial charge in [-0.1, -0.05) is 0 Å². The number of nitrogens with one attached hydrogen (secondary N) is 1.